The van der Waals surface area contributed by atoms with Crippen LogP contribution < -0.4 is 0 Å². The van der Waals surface area contributed by atoms with Gasteiger partial charge >= 0.3 is 5.25 Å². The summed E-state index contributed by atoms with van der Waals surface area (Å²) in [6.07, 6.45) is -2.17. The summed E-state index contributed by atoms with van der Waals surface area (Å²) >= 11 is -0.654. The molecule has 8 heteroatoms. The van der Waals surface area contributed by atoms with E-state index in [-0.39, 0.29) is 6.42 Å². The number of hydrogen-bond acceptors (Lipinski definition) is 4. The third-order valence-corrected chi connectivity index (χ3v) is 1.78. The Kier molecular flexibility index (Phi) is 5.72. The fourth-order valence-electron chi connectivity index (χ4n) is 0.850. The van der Waals surface area contributed by atoms with Gasteiger partial charge in [-0.15, -0.1) is 4.33 Å². The Morgan fingerprint density at radius 3 is 2.29 bits per heavy atom. The highest BCUT2D eigenvalue weighted by Crippen LogP contribution is 2.41. The van der Waals surface area contributed by atoms with Gasteiger partial charge in [-0.05, 0) is 0 Å². The lowest BCUT2D eigenvalue weighted by molar-refractivity contribution is -0.433. The van der Waals surface area contributed by atoms with Crippen molar-refractivity contribution in [2.45, 2.75) is 37.4 Å². The lowest BCUT2D eigenvalue weighted by atomic mass is 10.1. The van der Waals surface area contributed by atoms with E-state index in [2.05, 4.69) is 9.37 Å². The average Bonchev–Trinajstić information content (AvgIpc) is 1.98. The van der Waals surface area contributed by atoms with E-state index in [4.69, 9.17) is 5.26 Å². The Morgan fingerprint density at radius 2 is 1.86 bits per heavy atom. The Labute approximate surface area is 82.4 Å². The van der Waals surface area contributed by atoms with Crippen molar-refractivity contribution in [2.75, 3.05) is 0 Å². The standard InChI is InChI=1S/C6H10F4O3S/c1-2-3-5(7,8)4-6(9,10)14-13-12-11/h11H,2-4H2,1H3. The van der Waals surface area contributed by atoms with Gasteiger partial charge in [0, 0.05) is 6.42 Å². The molecule has 0 aliphatic rings. The Balaban J connectivity index is 4.05. The summed E-state index contributed by atoms with van der Waals surface area (Å²) in [5, 5.41) is 6.65. The molecule has 0 unspecified atom stereocenters. The molecule has 1 N–H and O–H groups in total. The number of rotatable bonds is 7. The van der Waals surface area contributed by atoms with Gasteiger partial charge in [-0.1, -0.05) is 18.4 Å². The SMILES string of the molecule is CCCC(F)(F)CC(F)(F)SOOO. The minimum absolute atomic E-state index is 0.102. The third kappa shape index (κ3) is 6.41. The van der Waals surface area contributed by atoms with Gasteiger partial charge in [-0.25, -0.2) is 14.0 Å². The van der Waals surface area contributed by atoms with E-state index < -0.39 is 36.1 Å². The van der Waals surface area contributed by atoms with Crippen molar-refractivity contribution in [3.63, 3.8) is 0 Å². The van der Waals surface area contributed by atoms with Gasteiger partial charge in [0.15, 0.2) is 0 Å². The molecule has 14 heavy (non-hydrogen) atoms. The molecule has 0 saturated heterocycles. The second kappa shape index (κ2) is 5.74. The molecule has 0 spiro atoms. The third-order valence-electron chi connectivity index (χ3n) is 1.27. The summed E-state index contributed by atoms with van der Waals surface area (Å²) in [5.41, 5.74) is 0. The van der Waals surface area contributed by atoms with E-state index >= 15 is 0 Å². The lowest BCUT2D eigenvalue weighted by Gasteiger charge is -2.20. The quantitative estimate of drug-likeness (QED) is 0.319. The van der Waals surface area contributed by atoms with Crippen LogP contribution in [0.15, 0.2) is 0 Å². The normalized spacial score (nSPS) is 13.3. The molecule has 0 aliphatic carbocycles. The molecule has 0 amide bonds. The molecule has 0 aromatic heterocycles. The average molecular weight is 238 g/mol. The molecular formula is C6H10F4O3S. The van der Waals surface area contributed by atoms with Gasteiger partial charge in [0.25, 0.3) is 5.92 Å². The fraction of sp³-hybridized carbons (Fsp3) is 1.00. The number of halogens is 4. The maximum Gasteiger partial charge on any atom is 0.326 e. The molecule has 0 aliphatic heterocycles. The highest BCUT2D eigenvalue weighted by Gasteiger charge is 2.44. The number of hydrogen-bond donors (Lipinski definition) is 1. The van der Waals surface area contributed by atoms with Gasteiger partial charge in [-0.2, -0.15) is 8.78 Å². The summed E-state index contributed by atoms with van der Waals surface area (Å²) in [7, 11) is 0. The highest BCUT2D eigenvalue weighted by atomic mass is 32.2. The van der Waals surface area contributed by atoms with E-state index in [1.54, 1.807) is 0 Å². The maximum absolute atomic E-state index is 12.7. The first-order valence-corrected chi connectivity index (χ1v) is 4.49. The first kappa shape index (κ1) is 13.9. The van der Waals surface area contributed by atoms with Gasteiger partial charge in [0.2, 0.25) is 0 Å². The fourth-order valence-corrected chi connectivity index (χ4v) is 1.25. The zero-order chi connectivity index (χ0) is 11.2. The van der Waals surface area contributed by atoms with E-state index in [9.17, 15) is 17.6 Å². The van der Waals surface area contributed by atoms with Crippen LogP contribution >= 0.6 is 12.0 Å². The van der Waals surface area contributed by atoms with Crippen molar-refractivity contribution in [2.24, 2.45) is 0 Å². The van der Waals surface area contributed by atoms with Crippen molar-refractivity contribution in [3.05, 3.63) is 0 Å². The molecule has 0 saturated carbocycles. The molecule has 0 atom stereocenters. The number of alkyl halides is 4. The predicted molar refractivity (Wildman–Crippen MR) is 41.8 cm³/mol. The van der Waals surface area contributed by atoms with Crippen molar-refractivity contribution < 1.29 is 32.2 Å². The summed E-state index contributed by atoms with van der Waals surface area (Å²) < 4.78 is 54.0. The van der Waals surface area contributed by atoms with Crippen molar-refractivity contribution in [1.29, 1.82) is 0 Å². The van der Waals surface area contributed by atoms with Gasteiger partial charge in [-0.3, -0.25) is 0 Å². The second-order valence-corrected chi connectivity index (χ2v) is 3.55. The topological polar surface area (TPSA) is 38.7 Å². The molecule has 0 fully saturated rings. The van der Waals surface area contributed by atoms with Crippen LogP contribution in [0.2, 0.25) is 0 Å². The first-order valence-electron chi connectivity index (χ1n) is 3.74. The molecule has 0 heterocycles. The van der Waals surface area contributed by atoms with Crippen LogP contribution in [-0.4, -0.2) is 16.4 Å². The Bertz CT molecular complexity index is 167. The molecule has 0 aromatic carbocycles. The monoisotopic (exact) mass is 238 g/mol. The molecule has 0 radical (unpaired) electrons. The highest BCUT2D eigenvalue weighted by molar-refractivity contribution is 7.95. The van der Waals surface area contributed by atoms with Gasteiger partial charge < -0.3 is 0 Å². The predicted octanol–water partition coefficient (Wildman–Crippen LogP) is 3.47. The van der Waals surface area contributed by atoms with Crippen LogP contribution in [0.3, 0.4) is 0 Å². The summed E-state index contributed by atoms with van der Waals surface area (Å²) in [6, 6.07) is 0. The summed E-state index contributed by atoms with van der Waals surface area (Å²) in [5.74, 6) is -3.45. The zero-order valence-corrected chi connectivity index (χ0v) is 8.12. The van der Waals surface area contributed by atoms with Crippen molar-refractivity contribution >= 4 is 12.0 Å². The van der Waals surface area contributed by atoms with Crippen LogP contribution in [0.5, 0.6) is 0 Å². The minimum Gasteiger partial charge on any atom is -0.220 e. The molecule has 0 rings (SSSR count). The molecule has 3 nitrogen and oxygen atoms in total. The van der Waals surface area contributed by atoms with E-state index in [1.807, 2.05) is 0 Å². The van der Waals surface area contributed by atoms with Crippen molar-refractivity contribution in [1.82, 2.24) is 0 Å². The molecule has 0 bridgehead atoms. The molecule has 86 valence electrons. The van der Waals surface area contributed by atoms with E-state index in [0.717, 1.165) is 0 Å². The maximum atomic E-state index is 12.7. The molecule has 0 aromatic rings. The van der Waals surface area contributed by atoms with Crippen molar-refractivity contribution in [3.8, 4) is 0 Å². The lowest BCUT2D eigenvalue weighted by Crippen LogP contribution is -2.26. The first-order chi connectivity index (χ1) is 6.33. The zero-order valence-electron chi connectivity index (χ0n) is 7.31. The summed E-state index contributed by atoms with van der Waals surface area (Å²) in [6.45, 7) is 1.46. The second-order valence-electron chi connectivity index (χ2n) is 2.65. The van der Waals surface area contributed by atoms with E-state index in [0.29, 0.717) is 0 Å². The Morgan fingerprint density at radius 1 is 1.29 bits per heavy atom. The summed E-state index contributed by atoms with van der Waals surface area (Å²) in [4.78, 5) is 0. The van der Waals surface area contributed by atoms with Crippen LogP contribution in [0.25, 0.3) is 0 Å². The van der Waals surface area contributed by atoms with Crippen LogP contribution in [0.4, 0.5) is 17.6 Å². The Hall–Kier alpha value is -0.0500. The van der Waals surface area contributed by atoms with Crippen LogP contribution in [0, 0.1) is 0 Å². The largest absolute Gasteiger partial charge is 0.326 e. The van der Waals surface area contributed by atoms with Crippen LogP contribution in [0.1, 0.15) is 26.2 Å². The smallest absolute Gasteiger partial charge is 0.220 e. The minimum atomic E-state index is -3.80. The van der Waals surface area contributed by atoms with Crippen LogP contribution in [-0.2, 0) is 9.37 Å². The van der Waals surface area contributed by atoms with Gasteiger partial charge in [0.1, 0.15) is 12.0 Å². The molecular weight excluding hydrogens is 228 g/mol. The van der Waals surface area contributed by atoms with Gasteiger partial charge in [0.05, 0.1) is 6.42 Å². The van der Waals surface area contributed by atoms with E-state index in [1.165, 1.54) is 6.92 Å².